The molecule has 0 fully saturated rings. The summed E-state index contributed by atoms with van der Waals surface area (Å²) in [6.07, 6.45) is 0.662. The van der Waals surface area contributed by atoms with Gasteiger partial charge in [0, 0.05) is 18.3 Å². The summed E-state index contributed by atoms with van der Waals surface area (Å²) in [6, 6.07) is 7.88. The molecule has 0 saturated heterocycles. The maximum Gasteiger partial charge on any atom is 0.238 e. The van der Waals surface area contributed by atoms with Crippen molar-refractivity contribution in [1.29, 1.82) is 0 Å². The van der Waals surface area contributed by atoms with Crippen molar-refractivity contribution in [3.8, 4) is 0 Å². The Bertz CT molecular complexity index is 405. The molecule has 0 aliphatic heterocycles. The van der Waals surface area contributed by atoms with Gasteiger partial charge in [-0.05, 0) is 37.0 Å². The van der Waals surface area contributed by atoms with Crippen LogP contribution in [0.1, 0.15) is 25.8 Å². The number of amides is 1. The molecule has 0 aliphatic rings. The van der Waals surface area contributed by atoms with Gasteiger partial charge in [-0.15, -0.1) is 0 Å². The number of benzene rings is 1. The SMILES string of the molecule is Cc1cccc(NC(=O)CNC(CCO)C(C)C)c1. The number of nitrogens with one attached hydrogen (secondary N) is 2. The molecule has 0 aromatic heterocycles. The van der Waals surface area contributed by atoms with Gasteiger partial charge < -0.3 is 15.7 Å². The third-order valence-corrected chi connectivity index (χ3v) is 3.07. The van der Waals surface area contributed by atoms with E-state index in [0.29, 0.717) is 12.3 Å². The molecule has 0 saturated carbocycles. The number of carbonyl (C=O) groups is 1. The average Bonchev–Trinajstić information content (AvgIpc) is 2.34. The molecule has 1 rings (SSSR count). The van der Waals surface area contributed by atoms with Crippen LogP contribution >= 0.6 is 0 Å². The number of rotatable bonds is 7. The molecule has 1 unspecified atom stereocenters. The fraction of sp³-hybridized carbons (Fsp3) is 0.533. The molecule has 1 amide bonds. The highest BCUT2D eigenvalue weighted by atomic mass is 16.3. The van der Waals surface area contributed by atoms with Crippen molar-refractivity contribution in [3.05, 3.63) is 29.8 Å². The molecule has 0 aliphatic carbocycles. The van der Waals surface area contributed by atoms with E-state index in [2.05, 4.69) is 24.5 Å². The van der Waals surface area contributed by atoms with E-state index in [4.69, 9.17) is 5.11 Å². The lowest BCUT2D eigenvalue weighted by molar-refractivity contribution is -0.115. The van der Waals surface area contributed by atoms with Gasteiger partial charge in [-0.1, -0.05) is 26.0 Å². The Kier molecular flexibility index (Phi) is 6.53. The molecule has 0 heterocycles. The average molecular weight is 264 g/mol. The van der Waals surface area contributed by atoms with Crippen LogP contribution in [0, 0.1) is 12.8 Å². The maximum absolute atomic E-state index is 11.8. The zero-order chi connectivity index (χ0) is 14.3. The number of hydrogen-bond donors (Lipinski definition) is 3. The summed E-state index contributed by atoms with van der Waals surface area (Å²) in [5, 5.41) is 15.0. The van der Waals surface area contributed by atoms with Gasteiger partial charge >= 0.3 is 0 Å². The van der Waals surface area contributed by atoms with Gasteiger partial charge in [0.25, 0.3) is 0 Å². The lowest BCUT2D eigenvalue weighted by atomic mass is 10.0. The summed E-state index contributed by atoms with van der Waals surface area (Å²) in [7, 11) is 0. The van der Waals surface area contributed by atoms with Crippen LogP contribution in [0.4, 0.5) is 5.69 Å². The molecule has 1 aromatic rings. The summed E-state index contributed by atoms with van der Waals surface area (Å²) < 4.78 is 0. The van der Waals surface area contributed by atoms with Crippen LogP contribution in [0.5, 0.6) is 0 Å². The maximum atomic E-state index is 11.8. The first-order chi connectivity index (χ1) is 9.02. The van der Waals surface area contributed by atoms with E-state index in [9.17, 15) is 4.79 Å². The van der Waals surface area contributed by atoms with E-state index in [1.807, 2.05) is 31.2 Å². The monoisotopic (exact) mass is 264 g/mol. The minimum atomic E-state index is -0.0609. The predicted molar refractivity (Wildman–Crippen MR) is 78.1 cm³/mol. The molecule has 106 valence electrons. The minimum Gasteiger partial charge on any atom is -0.396 e. The van der Waals surface area contributed by atoms with E-state index in [1.54, 1.807) is 0 Å². The van der Waals surface area contributed by atoms with Crippen LogP contribution in [-0.2, 0) is 4.79 Å². The van der Waals surface area contributed by atoms with Crippen molar-refractivity contribution >= 4 is 11.6 Å². The summed E-state index contributed by atoms with van der Waals surface area (Å²) in [4.78, 5) is 11.8. The summed E-state index contributed by atoms with van der Waals surface area (Å²) in [6.45, 7) is 6.54. The predicted octanol–water partition coefficient (Wildman–Crippen LogP) is 1.93. The Morgan fingerprint density at radius 3 is 2.68 bits per heavy atom. The second kappa shape index (κ2) is 7.92. The number of carbonyl (C=O) groups excluding carboxylic acids is 1. The lowest BCUT2D eigenvalue weighted by Crippen LogP contribution is -2.39. The first kappa shape index (κ1) is 15.7. The number of hydrogen-bond acceptors (Lipinski definition) is 3. The fourth-order valence-corrected chi connectivity index (χ4v) is 1.96. The molecule has 1 atom stereocenters. The highest BCUT2D eigenvalue weighted by Crippen LogP contribution is 2.09. The first-order valence-corrected chi connectivity index (χ1v) is 6.73. The molecule has 1 aromatic carbocycles. The van der Waals surface area contributed by atoms with Gasteiger partial charge in [-0.3, -0.25) is 4.79 Å². The molecule has 0 bridgehead atoms. The van der Waals surface area contributed by atoms with Crippen LogP contribution in [-0.4, -0.2) is 30.2 Å². The van der Waals surface area contributed by atoms with Crippen molar-refractivity contribution in [2.75, 3.05) is 18.5 Å². The van der Waals surface area contributed by atoms with E-state index in [0.717, 1.165) is 11.3 Å². The minimum absolute atomic E-state index is 0.0609. The van der Waals surface area contributed by atoms with Crippen molar-refractivity contribution in [3.63, 3.8) is 0 Å². The Labute approximate surface area is 115 Å². The molecule has 0 spiro atoms. The van der Waals surface area contributed by atoms with Gasteiger partial charge in [0.15, 0.2) is 0 Å². The normalized spacial score (nSPS) is 12.5. The second-order valence-corrected chi connectivity index (χ2v) is 5.16. The fourth-order valence-electron chi connectivity index (χ4n) is 1.96. The third kappa shape index (κ3) is 5.85. The second-order valence-electron chi connectivity index (χ2n) is 5.16. The molecule has 3 N–H and O–H groups in total. The molecular formula is C15H24N2O2. The summed E-state index contributed by atoms with van der Waals surface area (Å²) in [5.41, 5.74) is 1.93. The van der Waals surface area contributed by atoms with Gasteiger partial charge in [0.1, 0.15) is 0 Å². The number of aliphatic hydroxyl groups is 1. The molecule has 4 heteroatoms. The van der Waals surface area contributed by atoms with Crippen LogP contribution in [0.2, 0.25) is 0 Å². The van der Waals surface area contributed by atoms with E-state index in [-0.39, 0.29) is 25.1 Å². The Morgan fingerprint density at radius 2 is 2.11 bits per heavy atom. The number of anilines is 1. The largest absolute Gasteiger partial charge is 0.396 e. The smallest absolute Gasteiger partial charge is 0.238 e. The molecule has 4 nitrogen and oxygen atoms in total. The Balaban J connectivity index is 2.42. The Morgan fingerprint density at radius 1 is 1.37 bits per heavy atom. The van der Waals surface area contributed by atoms with Crippen molar-refractivity contribution < 1.29 is 9.90 Å². The van der Waals surface area contributed by atoms with Crippen LogP contribution in [0.3, 0.4) is 0 Å². The van der Waals surface area contributed by atoms with Gasteiger partial charge in [0.05, 0.1) is 6.54 Å². The van der Waals surface area contributed by atoms with Gasteiger partial charge in [-0.25, -0.2) is 0 Å². The lowest BCUT2D eigenvalue weighted by Gasteiger charge is -2.21. The zero-order valence-corrected chi connectivity index (χ0v) is 11.9. The molecule has 0 radical (unpaired) electrons. The quantitative estimate of drug-likeness (QED) is 0.705. The third-order valence-electron chi connectivity index (χ3n) is 3.07. The van der Waals surface area contributed by atoms with Crippen LogP contribution < -0.4 is 10.6 Å². The standard InChI is InChI=1S/C15H24N2O2/c1-11(2)14(7-8-18)16-10-15(19)17-13-6-4-5-12(3)9-13/h4-6,9,11,14,16,18H,7-8,10H2,1-3H3,(H,17,19). The topological polar surface area (TPSA) is 61.4 Å². The zero-order valence-electron chi connectivity index (χ0n) is 11.9. The molecule has 19 heavy (non-hydrogen) atoms. The highest BCUT2D eigenvalue weighted by Gasteiger charge is 2.13. The summed E-state index contributed by atoms with van der Waals surface area (Å²) >= 11 is 0. The van der Waals surface area contributed by atoms with E-state index in [1.165, 1.54) is 0 Å². The number of aliphatic hydroxyl groups excluding tert-OH is 1. The van der Waals surface area contributed by atoms with E-state index >= 15 is 0 Å². The number of aryl methyl sites for hydroxylation is 1. The highest BCUT2D eigenvalue weighted by molar-refractivity contribution is 5.92. The summed E-state index contributed by atoms with van der Waals surface area (Å²) in [5.74, 6) is 0.327. The van der Waals surface area contributed by atoms with Gasteiger partial charge in [0.2, 0.25) is 5.91 Å². The molecular weight excluding hydrogens is 240 g/mol. The first-order valence-electron chi connectivity index (χ1n) is 6.73. The van der Waals surface area contributed by atoms with Crippen molar-refractivity contribution in [2.45, 2.75) is 33.2 Å². The van der Waals surface area contributed by atoms with Crippen LogP contribution in [0.25, 0.3) is 0 Å². The van der Waals surface area contributed by atoms with Crippen LogP contribution in [0.15, 0.2) is 24.3 Å². The van der Waals surface area contributed by atoms with Gasteiger partial charge in [-0.2, -0.15) is 0 Å². The Hall–Kier alpha value is -1.39. The van der Waals surface area contributed by atoms with E-state index < -0.39 is 0 Å². The van der Waals surface area contributed by atoms with Crippen molar-refractivity contribution in [2.24, 2.45) is 5.92 Å². The van der Waals surface area contributed by atoms with Crippen molar-refractivity contribution in [1.82, 2.24) is 5.32 Å².